The molecule has 2 aromatic rings. The standard InChI is InChI=1S/C19H17Cl3N2O5/c1-2-16(25)23-12-4-10(3-11(20)5-12)9-29-19-14(21)6-13(7-15(19)22)24-17(26)8-18(27)28/h3-7H,2,8-9H2,1H3,(H,23,25)(H,24,26)(H,27,28). The molecule has 0 radical (unpaired) electrons. The minimum absolute atomic E-state index is 0.0692. The lowest BCUT2D eigenvalue weighted by atomic mass is 10.2. The van der Waals surface area contributed by atoms with Gasteiger partial charge in [0, 0.05) is 22.8 Å². The summed E-state index contributed by atoms with van der Waals surface area (Å²) in [5.41, 5.74) is 1.46. The van der Waals surface area contributed by atoms with Gasteiger partial charge in [-0.15, -0.1) is 0 Å². The zero-order valence-electron chi connectivity index (χ0n) is 15.2. The van der Waals surface area contributed by atoms with E-state index < -0.39 is 18.3 Å². The molecule has 2 aromatic carbocycles. The zero-order valence-corrected chi connectivity index (χ0v) is 17.5. The Bertz CT molecular complexity index is 926. The molecule has 0 heterocycles. The van der Waals surface area contributed by atoms with E-state index in [0.717, 1.165) is 0 Å². The van der Waals surface area contributed by atoms with Crippen molar-refractivity contribution in [1.29, 1.82) is 0 Å². The molecule has 0 spiro atoms. The lowest BCUT2D eigenvalue weighted by Gasteiger charge is -2.13. The van der Waals surface area contributed by atoms with Crippen molar-refractivity contribution >= 4 is 64.0 Å². The van der Waals surface area contributed by atoms with Gasteiger partial charge in [-0.05, 0) is 35.9 Å². The van der Waals surface area contributed by atoms with Crippen molar-refractivity contribution in [3.05, 3.63) is 51.0 Å². The molecule has 7 nitrogen and oxygen atoms in total. The molecule has 0 aliphatic carbocycles. The summed E-state index contributed by atoms with van der Waals surface area (Å²) in [5, 5.41) is 14.4. The summed E-state index contributed by atoms with van der Waals surface area (Å²) >= 11 is 18.4. The predicted octanol–water partition coefficient (Wildman–Crippen LogP) is 4.99. The predicted molar refractivity (Wildman–Crippen MR) is 112 cm³/mol. The molecule has 0 saturated heterocycles. The van der Waals surface area contributed by atoms with Crippen LogP contribution in [0.3, 0.4) is 0 Å². The fourth-order valence-corrected chi connectivity index (χ4v) is 3.18. The van der Waals surface area contributed by atoms with E-state index in [1.807, 2.05) is 0 Å². The monoisotopic (exact) mass is 458 g/mol. The Labute approximate surface area is 181 Å². The van der Waals surface area contributed by atoms with Crippen LogP contribution in [0.2, 0.25) is 15.1 Å². The van der Waals surface area contributed by atoms with E-state index in [2.05, 4.69) is 10.6 Å². The lowest BCUT2D eigenvalue weighted by Crippen LogP contribution is -2.15. The van der Waals surface area contributed by atoms with E-state index in [1.54, 1.807) is 25.1 Å². The Morgan fingerprint density at radius 2 is 1.52 bits per heavy atom. The molecule has 0 atom stereocenters. The van der Waals surface area contributed by atoms with E-state index in [1.165, 1.54) is 12.1 Å². The van der Waals surface area contributed by atoms with Gasteiger partial charge in [0.05, 0.1) is 10.0 Å². The highest BCUT2D eigenvalue weighted by Gasteiger charge is 2.14. The number of aliphatic carboxylic acids is 1. The van der Waals surface area contributed by atoms with Crippen LogP contribution in [-0.4, -0.2) is 22.9 Å². The Balaban J connectivity index is 2.12. The van der Waals surface area contributed by atoms with Crippen LogP contribution in [0.5, 0.6) is 5.75 Å². The quantitative estimate of drug-likeness (QED) is 0.483. The first-order valence-corrected chi connectivity index (χ1v) is 9.54. The average molecular weight is 460 g/mol. The molecule has 0 aliphatic rings. The van der Waals surface area contributed by atoms with Gasteiger partial charge >= 0.3 is 5.97 Å². The first kappa shape index (κ1) is 22.8. The number of hydrogen-bond donors (Lipinski definition) is 3. The van der Waals surface area contributed by atoms with Crippen molar-refractivity contribution in [3.63, 3.8) is 0 Å². The highest BCUT2D eigenvalue weighted by molar-refractivity contribution is 6.37. The van der Waals surface area contributed by atoms with E-state index in [0.29, 0.717) is 22.7 Å². The number of halogens is 3. The van der Waals surface area contributed by atoms with E-state index in [9.17, 15) is 14.4 Å². The number of carbonyl (C=O) groups is 3. The van der Waals surface area contributed by atoms with Crippen LogP contribution in [0.25, 0.3) is 0 Å². The maximum atomic E-state index is 11.6. The first-order chi connectivity index (χ1) is 13.7. The molecule has 0 bridgehead atoms. The van der Waals surface area contributed by atoms with Crippen LogP contribution < -0.4 is 15.4 Å². The van der Waals surface area contributed by atoms with Gasteiger partial charge in [0.25, 0.3) is 0 Å². The number of benzene rings is 2. The largest absolute Gasteiger partial charge is 0.486 e. The Morgan fingerprint density at radius 1 is 0.931 bits per heavy atom. The van der Waals surface area contributed by atoms with Crippen molar-refractivity contribution in [1.82, 2.24) is 0 Å². The van der Waals surface area contributed by atoms with E-state index in [4.69, 9.17) is 44.6 Å². The Hall–Kier alpha value is -2.48. The second kappa shape index (κ2) is 10.3. The molecule has 0 aromatic heterocycles. The van der Waals surface area contributed by atoms with Gasteiger partial charge < -0.3 is 20.5 Å². The number of amides is 2. The smallest absolute Gasteiger partial charge is 0.312 e. The molecule has 0 fully saturated rings. The van der Waals surface area contributed by atoms with E-state index in [-0.39, 0.29) is 34.0 Å². The van der Waals surface area contributed by atoms with Crippen LogP contribution >= 0.6 is 34.8 Å². The second-order valence-electron chi connectivity index (χ2n) is 5.93. The van der Waals surface area contributed by atoms with E-state index >= 15 is 0 Å². The number of anilines is 2. The summed E-state index contributed by atoms with van der Waals surface area (Å²) in [5.74, 6) is -1.93. The third-order valence-electron chi connectivity index (χ3n) is 3.54. The maximum Gasteiger partial charge on any atom is 0.312 e. The van der Waals surface area contributed by atoms with Crippen molar-refractivity contribution in [3.8, 4) is 5.75 Å². The van der Waals surface area contributed by atoms with Crippen LogP contribution in [0.4, 0.5) is 11.4 Å². The van der Waals surface area contributed by atoms with Crippen LogP contribution in [-0.2, 0) is 21.0 Å². The van der Waals surface area contributed by atoms with Gasteiger partial charge in [0.1, 0.15) is 13.0 Å². The summed E-state index contributed by atoms with van der Waals surface area (Å²) in [6.07, 6.45) is -0.349. The van der Waals surface area contributed by atoms with Gasteiger partial charge in [-0.25, -0.2) is 0 Å². The van der Waals surface area contributed by atoms with Crippen LogP contribution in [0, 0.1) is 0 Å². The zero-order chi connectivity index (χ0) is 21.6. The number of carboxylic acids is 1. The maximum absolute atomic E-state index is 11.6. The SMILES string of the molecule is CCC(=O)Nc1cc(Cl)cc(COc2c(Cl)cc(NC(=O)CC(=O)O)cc2Cl)c1. The third-order valence-corrected chi connectivity index (χ3v) is 4.32. The van der Waals surface area contributed by atoms with Crippen LogP contribution in [0.15, 0.2) is 30.3 Å². The second-order valence-corrected chi connectivity index (χ2v) is 7.18. The minimum Gasteiger partial charge on any atom is -0.486 e. The van der Waals surface area contributed by atoms with Gasteiger partial charge in [0.15, 0.2) is 5.75 Å². The van der Waals surface area contributed by atoms with Gasteiger partial charge in [-0.1, -0.05) is 41.7 Å². The molecule has 0 saturated carbocycles. The highest BCUT2D eigenvalue weighted by atomic mass is 35.5. The summed E-state index contributed by atoms with van der Waals surface area (Å²) in [6, 6.07) is 7.79. The van der Waals surface area contributed by atoms with Crippen molar-refractivity contribution in [2.45, 2.75) is 26.4 Å². The molecular weight excluding hydrogens is 443 g/mol. The number of ether oxygens (including phenoxy) is 1. The molecule has 29 heavy (non-hydrogen) atoms. The van der Waals surface area contributed by atoms with Crippen LogP contribution in [0.1, 0.15) is 25.3 Å². The lowest BCUT2D eigenvalue weighted by molar-refractivity contribution is -0.139. The molecule has 3 N–H and O–H groups in total. The summed E-state index contributed by atoms with van der Waals surface area (Å²) in [7, 11) is 0. The fraction of sp³-hybridized carbons (Fsp3) is 0.211. The molecule has 2 rings (SSSR count). The number of carbonyl (C=O) groups excluding carboxylic acids is 2. The number of nitrogens with one attached hydrogen (secondary N) is 2. The molecule has 0 aliphatic heterocycles. The van der Waals surface area contributed by atoms with Crippen molar-refractivity contribution in [2.75, 3.05) is 10.6 Å². The van der Waals surface area contributed by atoms with Gasteiger partial charge in [0.2, 0.25) is 11.8 Å². The summed E-state index contributed by atoms with van der Waals surface area (Å²) in [6.45, 7) is 1.81. The molecule has 154 valence electrons. The highest BCUT2D eigenvalue weighted by Crippen LogP contribution is 2.36. The molecule has 2 amide bonds. The summed E-state index contributed by atoms with van der Waals surface area (Å²) in [4.78, 5) is 33.7. The third kappa shape index (κ3) is 7.12. The first-order valence-electron chi connectivity index (χ1n) is 8.40. The van der Waals surface area contributed by atoms with Gasteiger partial charge in [-0.3, -0.25) is 14.4 Å². The normalized spacial score (nSPS) is 10.3. The molecular formula is C19H17Cl3N2O5. The Kier molecular flexibility index (Phi) is 8.13. The topological polar surface area (TPSA) is 105 Å². The fourth-order valence-electron chi connectivity index (χ4n) is 2.32. The number of rotatable bonds is 8. The number of carboxylic acid groups (broad SMARTS) is 1. The summed E-state index contributed by atoms with van der Waals surface area (Å²) < 4.78 is 5.68. The van der Waals surface area contributed by atoms with Crippen molar-refractivity contribution < 1.29 is 24.2 Å². The average Bonchev–Trinajstić information content (AvgIpc) is 2.59. The molecule has 0 unspecified atom stereocenters. The minimum atomic E-state index is -1.25. The molecule has 10 heteroatoms. The number of hydrogen-bond acceptors (Lipinski definition) is 4. The Morgan fingerprint density at radius 3 is 2.10 bits per heavy atom. The van der Waals surface area contributed by atoms with Crippen molar-refractivity contribution in [2.24, 2.45) is 0 Å². The van der Waals surface area contributed by atoms with Gasteiger partial charge in [-0.2, -0.15) is 0 Å².